The van der Waals surface area contributed by atoms with Crippen LogP contribution in [0.25, 0.3) is 5.82 Å². The molecular formula is C16H21ClN4O2. The highest BCUT2D eigenvalue weighted by atomic mass is 35.5. The van der Waals surface area contributed by atoms with Crippen molar-refractivity contribution in [3.8, 4) is 5.82 Å². The zero-order valence-corrected chi connectivity index (χ0v) is 14.3. The first-order valence-electron chi connectivity index (χ1n) is 7.51. The Labute approximate surface area is 140 Å². The Kier molecular flexibility index (Phi) is 5.74. The molecule has 2 aromatic rings. The molecule has 23 heavy (non-hydrogen) atoms. The third-order valence-electron chi connectivity index (χ3n) is 3.51. The molecule has 7 heteroatoms. The molecule has 0 aliphatic rings. The number of halogens is 1. The minimum absolute atomic E-state index is 0.101. The van der Waals surface area contributed by atoms with E-state index in [1.807, 2.05) is 26.8 Å². The monoisotopic (exact) mass is 336 g/mol. The molecule has 1 atom stereocenters. The first-order valence-corrected chi connectivity index (χ1v) is 7.89. The summed E-state index contributed by atoms with van der Waals surface area (Å²) < 4.78 is 1.68. The summed E-state index contributed by atoms with van der Waals surface area (Å²) in [5, 5.41) is 16.3. The smallest absolute Gasteiger partial charge is 0.271 e. The highest BCUT2D eigenvalue weighted by molar-refractivity contribution is 6.33. The quantitative estimate of drug-likeness (QED) is 0.848. The van der Waals surface area contributed by atoms with Gasteiger partial charge in [0.1, 0.15) is 5.69 Å². The van der Waals surface area contributed by atoms with Crippen molar-refractivity contribution < 1.29 is 9.90 Å². The van der Waals surface area contributed by atoms with Crippen molar-refractivity contribution in [1.29, 1.82) is 0 Å². The van der Waals surface area contributed by atoms with Crippen molar-refractivity contribution in [2.75, 3.05) is 13.2 Å². The first kappa shape index (κ1) is 17.4. The standard InChI is InChI=1S/C16H21ClN4O2/c1-10(6-7-22)9-18-16(23)15-13(17)4-5-14(19-15)21-12(3)8-11(2)20-21/h4-5,8,10,22H,6-7,9H2,1-3H3,(H,18,23). The van der Waals surface area contributed by atoms with Crippen LogP contribution in [0.3, 0.4) is 0 Å². The van der Waals surface area contributed by atoms with Crippen LogP contribution in [0.2, 0.25) is 5.02 Å². The predicted molar refractivity (Wildman–Crippen MR) is 89.0 cm³/mol. The maximum Gasteiger partial charge on any atom is 0.271 e. The number of amides is 1. The SMILES string of the molecule is Cc1cc(C)n(-c2ccc(Cl)c(C(=O)NCC(C)CCO)n2)n1. The molecule has 0 radical (unpaired) electrons. The molecule has 1 unspecified atom stereocenters. The van der Waals surface area contributed by atoms with Gasteiger partial charge in [-0.25, -0.2) is 9.67 Å². The maximum absolute atomic E-state index is 12.3. The molecule has 2 heterocycles. The van der Waals surface area contributed by atoms with Crippen molar-refractivity contribution in [1.82, 2.24) is 20.1 Å². The van der Waals surface area contributed by atoms with Gasteiger partial charge in [0.25, 0.3) is 5.91 Å². The van der Waals surface area contributed by atoms with Gasteiger partial charge >= 0.3 is 0 Å². The second kappa shape index (κ2) is 7.57. The molecule has 0 spiro atoms. The number of nitrogens with zero attached hydrogens (tertiary/aromatic N) is 3. The average Bonchev–Trinajstić information content (AvgIpc) is 2.84. The Morgan fingerprint density at radius 3 is 2.78 bits per heavy atom. The van der Waals surface area contributed by atoms with Gasteiger partial charge in [-0.3, -0.25) is 4.79 Å². The Morgan fingerprint density at radius 1 is 1.43 bits per heavy atom. The fourth-order valence-electron chi connectivity index (χ4n) is 2.24. The molecule has 0 saturated carbocycles. The minimum atomic E-state index is -0.330. The summed E-state index contributed by atoms with van der Waals surface area (Å²) in [5.74, 6) is 0.402. The fraction of sp³-hybridized carbons (Fsp3) is 0.438. The average molecular weight is 337 g/mol. The first-order chi connectivity index (χ1) is 10.9. The van der Waals surface area contributed by atoms with E-state index in [2.05, 4.69) is 15.4 Å². The van der Waals surface area contributed by atoms with Crippen LogP contribution in [0, 0.1) is 19.8 Å². The van der Waals surface area contributed by atoms with Gasteiger partial charge in [-0.15, -0.1) is 0 Å². The zero-order valence-electron chi connectivity index (χ0n) is 13.5. The molecule has 0 aliphatic heterocycles. The maximum atomic E-state index is 12.3. The van der Waals surface area contributed by atoms with Gasteiger partial charge in [-0.1, -0.05) is 18.5 Å². The van der Waals surface area contributed by atoms with Gasteiger partial charge in [0, 0.05) is 18.8 Å². The van der Waals surface area contributed by atoms with E-state index in [4.69, 9.17) is 16.7 Å². The molecule has 124 valence electrons. The molecule has 0 fully saturated rings. The lowest BCUT2D eigenvalue weighted by Gasteiger charge is -2.12. The van der Waals surface area contributed by atoms with Crippen molar-refractivity contribution >= 4 is 17.5 Å². The highest BCUT2D eigenvalue weighted by Crippen LogP contribution is 2.17. The van der Waals surface area contributed by atoms with Crippen molar-refractivity contribution in [2.45, 2.75) is 27.2 Å². The topological polar surface area (TPSA) is 80.0 Å². The van der Waals surface area contributed by atoms with Crippen LogP contribution in [0.15, 0.2) is 18.2 Å². The van der Waals surface area contributed by atoms with Gasteiger partial charge in [0.05, 0.1) is 10.7 Å². The van der Waals surface area contributed by atoms with Crippen LogP contribution >= 0.6 is 11.6 Å². The zero-order chi connectivity index (χ0) is 17.0. The van der Waals surface area contributed by atoms with E-state index >= 15 is 0 Å². The van der Waals surface area contributed by atoms with E-state index in [-0.39, 0.29) is 24.1 Å². The Hall–Kier alpha value is -1.92. The van der Waals surface area contributed by atoms with Crippen LogP contribution in [0.4, 0.5) is 0 Å². The predicted octanol–water partition coefficient (Wildman–Crippen LogP) is 2.29. The molecule has 0 bridgehead atoms. The molecule has 1 amide bonds. The number of carbonyl (C=O) groups is 1. The second-order valence-corrected chi connectivity index (χ2v) is 6.07. The number of rotatable bonds is 6. The summed E-state index contributed by atoms with van der Waals surface area (Å²) in [7, 11) is 0. The lowest BCUT2D eigenvalue weighted by molar-refractivity contribution is 0.0940. The second-order valence-electron chi connectivity index (χ2n) is 5.67. The number of aryl methyl sites for hydroxylation is 2. The molecule has 0 saturated heterocycles. The number of aromatic nitrogens is 3. The molecule has 2 aromatic heterocycles. The number of pyridine rings is 1. The van der Waals surface area contributed by atoms with E-state index in [9.17, 15) is 4.79 Å². The number of aliphatic hydroxyl groups is 1. The summed E-state index contributed by atoms with van der Waals surface area (Å²) in [4.78, 5) is 16.6. The molecule has 2 N–H and O–H groups in total. The lowest BCUT2D eigenvalue weighted by Crippen LogP contribution is -2.29. The Morgan fingerprint density at radius 2 is 2.17 bits per heavy atom. The lowest BCUT2D eigenvalue weighted by atomic mass is 10.1. The number of hydrogen-bond donors (Lipinski definition) is 2. The number of nitrogens with one attached hydrogen (secondary N) is 1. The largest absolute Gasteiger partial charge is 0.396 e. The van der Waals surface area contributed by atoms with Crippen molar-refractivity contribution in [2.24, 2.45) is 5.92 Å². The number of carbonyl (C=O) groups excluding carboxylic acids is 1. The van der Waals surface area contributed by atoms with Gasteiger partial charge in [-0.2, -0.15) is 5.10 Å². The van der Waals surface area contributed by atoms with Gasteiger partial charge in [0.2, 0.25) is 0 Å². The van der Waals surface area contributed by atoms with Gasteiger partial charge in [0.15, 0.2) is 5.82 Å². The molecular weight excluding hydrogens is 316 g/mol. The van der Waals surface area contributed by atoms with E-state index in [0.717, 1.165) is 11.4 Å². The normalized spacial score (nSPS) is 12.2. The van der Waals surface area contributed by atoms with Crippen LogP contribution in [-0.2, 0) is 0 Å². The number of hydrogen-bond acceptors (Lipinski definition) is 4. The highest BCUT2D eigenvalue weighted by Gasteiger charge is 2.15. The third kappa shape index (κ3) is 4.30. The van der Waals surface area contributed by atoms with E-state index in [0.29, 0.717) is 23.8 Å². The Balaban J connectivity index is 2.20. The van der Waals surface area contributed by atoms with E-state index in [1.165, 1.54) is 0 Å². The van der Waals surface area contributed by atoms with Crippen LogP contribution in [0.5, 0.6) is 0 Å². The summed E-state index contributed by atoms with van der Waals surface area (Å²) in [6.07, 6.45) is 0.632. The van der Waals surface area contributed by atoms with Gasteiger partial charge < -0.3 is 10.4 Å². The van der Waals surface area contributed by atoms with Crippen LogP contribution in [0.1, 0.15) is 35.2 Å². The van der Waals surface area contributed by atoms with Crippen molar-refractivity contribution in [3.63, 3.8) is 0 Å². The minimum Gasteiger partial charge on any atom is -0.396 e. The van der Waals surface area contributed by atoms with Crippen LogP contribution in [-0.4, -0.2) is 38.9 Å². The van der Waals surface area contributed by atoms with E-state index in [1.54, 1.807) is 16.8 Å². The molecule has 0 aliphatic carbocycles. The van der Waals surface area contributed by atoms with E-state index < -0.39 is 0 Å². The summed E-state index contributed by atoms with van der Waals surface area (Å²) >= 11 is 6.11. The van der Waals surface area contributed by atoms with Crippen LogP contribution < -0.4 is 5.32 Å². The van der Waals surface area contributed by atoms with Gasteiger partial charge in [-0.05, 0) is 44.4 Å². The molecule has 6 nitrogen and oxygen atoms in total. The molecule has 2 rings (SSSR count). The molecule has 0 aromatic carbocycles. The summed E-state index contributed by atoms with van der Waals surface area (Å²) in [5.41, 5.74) is 1.98. The van der Waals surface area contributed by atoms with Crippen molar-refractivity contribution in [3.05, 3.63) is 40.3 Å². The Bertz CT molecular complexity index is 699. The number of aliphatic hydroxyl groups excluding tert-OH is 1. The third-order valence-corrected chi connectivity index (χ3v) is 3.81. The summed E-state index contributed by atoms with van der Waals surface area (Å²) in [6, 6.07) is 5.31. The summed E-state index contributed by atoms with van der Waals surface area (Å²) in [6.45, 7) is 6.34. The fourth-order valence-corrected chi connectivity index (χ4v) is 2.43.